The largest absolute Gasteiger partial charge is 0.350 e. The van der Waals surface area contributed by atoms with E-state index in [9.17, 15) is 9.59 Å². The molecule has 0 bridgehead atoms. The van der Waals surface area contributed by atoms with Crippen LogP contribution in [0.2, 0.25) is 0 Å². The predicted molar refractivity (Wildman–Crippen MR) is 83.5 cm³/mol. The van der Waals surface area contributed by atoms with Crippen LogP contribution in [0.4, 0.5) is 0 Å². The minimum atomic E-state index is -0.160. The number of benzene rings is 1. The molecular formula is C17H20N2O2. The maximum atomic E-state index is 12.6. The molecule has 110 valence electrons. The predicted octanol–water partition coefficient (Wildman–Crippen LogP) is 2.41. The number of hydrogen-bond donors (Lipinski definition) is 0. The zero-order valence-corrected chi connectivity index (χ0v) is 12.5. The molecule has 2 aromatic rings. The summed E-state index contributed by atoms with van der Waals surface area (Å²) in [4.78, 5) is 27.0. The normalized spacial score (nSPS) is 16.4. The minimum Gasteiger partial charge on any atom is -0.350 e. The molecule has 4 heteroatoms. The van der Waals surface area contributed by atoms with E-state index < -0.39 is 0 Å². The first-order valence-corrected chi connectivity index (χ1v) is 7.45. The van der Waals surface area contributed by atoms with Crippen LogP contribution < -0.4 is 5.43 Å². The molecule has 0 unspecified atom stereocenters. The van der Waals surface area contributed by atoms with Gasteiger partial charge < -0.3 is 9.47 Å². The number of pyridine rings is 1. The van der Waals surface area contributed by atoms with Gasteiger partial charge in [-0.2, -0.15) is 0 Å². The standard InChI is InChI=1S/C17H20N2O2/c1-12-7-9-19(10-8-12)17(21)14-11-18(2)15-6-4-3-5-13(15)16(14)20/h3-6,11-12H,7-10H2,1-2H3. The molecule has 0 aliphatic carbocycles. The number of likely N-dealkylation sites (tertiary alicyclic amines) is 1. The molecule has 1 saturated heterocycles. The lowest BCUT2D eigenvalue weighted by Gasteiger charge is -2.30. The van der Waals surface area contributed by atoms with Crippen LogP contribution >= 0.6 is 0 Å². The Hall–Kier alpha value is -2.10. The molecule has 1 fully saturated rings. The Morgan fingerprint density at radius 2 is 1.86 bits per heavy atom. The highest BCUT2D eigenvalue weighted by atomic mass is 16.2. The average molecular weight is 284 g/mol. The van der Waals surface area contributed by atoms with Crippen molar-refractivity contribution in [2.45, 2.75) is 19.8 Å². The SMILES string of the molecule is CC1CCN(C(=O)c2cn(C)c3ccccc3c2=O)CC1. The summed E-state index contributed by atoms with van der Waals surface area (Å²) >= 11 is 0. The number of nitrogens with zero attached hydrogens (tertiary/aromatic N) is 2. The number of aromatic nitrogens is 1. The number of amides is 1. The van der Waals surface area contributed by atoms with Crippen molar-refractivity contribution < 1.29 is 4.79 Å². The zero-order valence-electron chi connectivity index (χ0n) is 12.5. The van der Waals surface area contributed by atoms with E-state index in [-0.39, 0.29) is 16.9 Å². The summed E-state index contributed by atoms with van der Waals surface area (Å²) in [6.45, 7) is 3.70. The number of piperidine rings is 1. The van der Waals surface area contributed by atoms with Crippen molar-refractivity contribution in [1.29, 1.82) is 0 Å². The van der Waals surface area contributed by atoms with E-state index in [1.807, 2.05) is 34.7 Å². The number of aryl methyl sites for hydroxylation is 1. The monoisotopic (exact) mass is 284 g/mol. The summed E-state index contributed by atoms with van der Waals surface area (Å²) in [6.07, 6.45) is 3.70. The Morgan fingerprint density at radius 3 is 2.57 bits per heavy atom. The first kappa shape index (κ1) is 13.9. The van der Waals surface area contributed by atoms with E-state index in [4.69, 9.17) is 0 Å². The summed E-state index contributed by atoms with van der Waals surface area (Å²) in [6, 6.07) is 7.41. The van der Waals surface area contributed by atoms with E-state index in [0.29, 0.717) is 11.3 Å². The van der Waals surface area contributed by atoms with E-state index in [1.165, 1.54) is 0 Å². The van der Waals surface area contributed by atoms with Crippen LogP contribution in [-0.4, -0.2) is 28.5 Å². The van der Waals surface area contributed by atoms with Crippen LogP contribution in [0.15, 0.2) is 35.3 Å². The van der Waals surface area contributed by atoms with Gasteiger partial charge in [-0.05, 0) is 30.9 Å². The first-order chi connectivity index (χ1) is 10.1. The van der Waals surface area contributed by atoms with Crippen LogP contribution in [-0.2, 0) is 7.05 Å². The van der Waals surface area contributed by atoms with Crippen molar-refractivity contribution in [3.63, 3.8) is 0 Å². The maximum absolute atomic E-state index is 12.6. The minimum absolute atomic E-state index is 0.131. The van der Waals surface area contributed by atoms with Crippen LogP contribution in [0.1, 0.15) is 30.1 Å². The lowest BCUT2D eigenvalue weighted by Crippen LogP contribution is -2.40. The highest BCUT2D eigenvalue weighted by molar-refractivity contribution is 5.97. The molecule has 0 radical (unpaired) electrons. The maximum Gasteiger partial charge on any atom is 0.259 e. The Bertz CT molecular complexity index is 740. The van der Waals surface area contributed by atoms with Crippen molar-refractivity contribution >= 4 is 16.8 Å². The molecule has 21 heavy (non-hydrogen) atoms. The molecular weight excluding hydrogens is 264 g/mol. The topological polar surface area (TPSA) is 42.3 Å². The molecule has 1 aliphatic rings. The summed E-state index contributed by atoms with van der Waals surface area (Å²) in [5.41, 5.74) is 0.976. The molecule has 1 aromatic heterocycles. The van der Waals surface area contributed by atoms with Gasteiger partial charge in [-0.15, -0.1) is 0 Å². The Morgan fingerprint density at radius 1 is 1.19 bits per heavy atom. The molecule has 0 saturated carbocycles. The van der Waals surface area contributed by atoms with Crippen molar-refractivity contribution in [2.75, 3.05) is 13.1 Å². The smallest absolute Gasteiger partial charge is 0.259 e. The Labute approximate surface area is 124 Å². The van der Waals surface area contributed by atoms with Gasteiger partial charge in [-0.25, -0.2) is 0 Å². The number of carbonyl (C=O) groups is 1. The van der Waals surface area contributed by atoms with Gasteiger partial charge in [0.25, 0.3) is 5.91 Å². The fourth-order valence-electron chi connectivity index (χ4n) is 2.97. The number of hydrogen-bond acceptors (Lipinski definition) is 2. The van der Waals surface area contributed by atoms with Gasteiger partial charge in [0.1, 0.15) is 5.56 Å². The third-order valence-corrected chi connectivity index (χ3v) is 4.40. The number of rotatable bonds is 1. The lowest BCUT2D eigenvalue weighted by atomic mass is 9.98. The zero-order chi connectivity index (χ0) is 15.0. The van der Waals surface area contributed by atoms with Crippen molar-refractivity contribution in [1.82, 2.24) is 9.47 Å². The Balaban J connectivity index is 2.03. The first-order valence-electron chi connectivity index (χ1n) is 7.45. The fourth-order valence-corrected chi connectivity index (χ4v) is 2.97. The summed E-state index contributed by atoms with van der Waals surface area (Å²) in [7, 11) is 1.87. The van der Waals surface area contributed by atoms with E-state index >= 15 is 0 Å². The molecule has 1 amide bonds. The molecule has 2 heterocycles. The highest BCUT2D eigenvalue weighted by Gasteiger charge is 2.24. The molecule has 1 aliphatic heterocycles. The number of carbonyl (C=O) groups excluding carboxylic acids is 1. The molecule has 0 N–H and O–H groups in total. The van der Waals surface area contributed by atoms with Crippen LogP contribution in [0.3, 0.4) is 0 Å². The van der Waals surface area contributed by atoms with Gasteiger partial charge in [-0.1, -0.05) is 19.1 Å². The van der Waals surface area contributed by atoms with Crippen LogP contribution in [0, 0.1) is 5.92 Å². The van der Waals surface area contributed by atoms with Gasteiger partial charge in [0, 0.05) is 31.7 Å². The summed E-state index contributed by atoms with van der Waals surface area (Å²) in [5, 5.41) is 0.608. The van der Waals surface area contributed by atoms with Crippen molar-refractivity contribution in [2.24, 2.45) is 13.0 Å². The molecule has 3 rings (SSSR count). The van der Waals surface area contributed by atoms with E-state index in [1.54, 1.807) is 12.3 Å². The number of fused-ring (bicyclic) bond motifs is 1. The fraction of sp³-hybridized carbons (Fsp3) is 0.412. The lowest BCUT2D eigenvalue weighted by molar-refractivity contribution is 0.0695. The van der Waals surface area contributed by atoms with Gasteiger partial charge in [0.15, 0.2) is 0 Å². The van der Waals surface area contributed by atoms with Gasteiger partial charge in [-0.3, -0.25) is 9.59 Å². The van der Waals surface area contributed by atoms with Gasteiger partial charge in [0.05, 0.1) is 5.52 Å². The summed E-state index contributed by atoms with van der Waals surface area (Å²) in [5.74, 6) is 0.529. The second kappa shape index (κ2) is 5.35. The molecule has 1 aromatic carbocycles. The average Bonchev–Trinajstić information content (AvgIpc) is 2.51. The second-order valence-electron chi connectivity index (χ2n) is 5.97. The second-order valence-corrected chi connectivity index (χ2v) is 5.97. The van der Waals surface area contributed by atoms with Crippen molar-refractivity contribution in [3.05, 3.63) is 46.2 Å². The molecule has 4 nitrogen and oxygen atoms in total. The van der Waals surface area contributed by atoms with Crippen LogP contribution in [0.25, 0.3) is 10.9 Å². The Kier molecular flexibility index (Phi) is 3.53. The third kappa shape index (κ3) is 2.46. The third-order valence-electron chi connectivity index (χ3n) is 4.40. The van der Waals surface area contributed by atoms with E-state index in [2.05, 4.69) is 6.92 Å². The molecule has 0 spiro atoms. The summed E-state index contributed by atoms with van der Waals surface area (Å²) < 4.78 is 1.86. The quantitative estimate of drug-likeness (QED) is 0.807. The van der Waals surface area contributed by atoms with Crippen LogP contribution in [0.5, 0.6) is 0 Å². The number of para-hydroxylation sites is 1. The van der Waals surface area contributed by atoms with Gasteiger partial charge in [0.2, 0.25) is 5.43 Å². The van der Waals surface area contributed by atoms with Crippen molar-refractivity contribution in [3.8, 4) is 0 Å². The van der Waals surface area contributed by atoms with E-state index in [0.717, 1.165) is 31.4 Å². The van der Waals surface area contributed by atoms with Gasteiger partial charge >= 0.3 is 0 Å². The molecule has 0 atom stereocenters. The highest BCUT2D eigenvalue weighted by Crippen LogP contribution is 2.18.